The molecule has 8 nitrogen and oxygen atoms in total. The van der Waals surface area contributed by atoms with Crippen molar-refractivity contribution in [1.82, 2.24) is 25.2 Å². The van der Waals surface area contributed by atoms with Crippen LogP contribution < -0.4 is 17.3 Å². The first-order valence-electron chi connectivity index (χ1n) is 10.3. The summed E-state index contributed by atoms with van der Waals surface area (Å²) in [5.74, 6) is 1.04. The van der Waals surface area contributed by atoms with Gasteiger partial charge in [-0.05, 0) is 35.9 Å². The average molecular weight is 482 g/mol. The van der Waals surface area contributed by atoms with Gasteiger partial charge in [-0.1, -0.05) is 25.5 Å². The van der Waals surface area contributed by atoms with Crippen LogP contribution in [0.3, 0.4) is 0 Å². The third-order valence-corrected chi connectivity index (χ3v) is 5.25. The van der Waals surface area contributed by atoms with Crippen LogP contribution in [0.5, 0.6) is 0 Å². The molecule has 3 aromatic rings. The van der Waals surface area contributed by atoms with Gasteiger partial charge in [0.05, 0.1) is 12.3 Å². The second-order valence-electron chi connectivity index (χ2n) is 7.50. The Labute approximate surface area is 194 Å². The van der Waals surface area contributed by atoms with E-state index in [1.807, 2.05) is 6.20 Å². The lowest BCUT2D eigenvalue weighted by molar-refractivity contribution is -0.761. The second kappa shape index (κ2) is 10.3. The standard InChI is InChI=1S/C21H22F3N7O.ClH/c1-2-3-4-19-25-15(13-32)12-30(19)11-14-5-7-16(8-6-14)31-17(20-26-28-29-27-20)9-10-18(31)21(22,23)24;/h5-10,12,32H,2-4,11,13H2,1H3,(H,26,27,28,29);1H. The highest BCUT2D eigenvalue weighted by atomic mass is 35.5. The summed E-state index contributed by atoms with van der Waals surface area (Å²) in [7, 11) is 0. The van der Waals surface area contributed by atoms with Crippen molar-refractivity contribution < 1.29 is 35.6 Å². The number of aliphatic hydroxyl groups is 1. The van der Waals surface area contributed by atoms with E-state index in [9.17, 15) is 18.3 Å². The number of unbranched alkanes of at least 4 members (excludes halogenated alkanes) is 1. The first kappa shape index (κ1) is 24.6. The number of aliphatic imine (C=N–C) groups is 1. The van der Waals surface area contributed by atoms with Crippen LogP contribution >= 0.6 is 0 Å². The van der Waals surface area contributed by atoms with Gasteiger partial charge in [-0.2, -0.15) is 23.4 Å². The van der Waals surface area contributed by atoms with Gasteiger partial charge in [0.15, 0.2) is 0 Å². The zero-order chi connectivity index (χ0) is 22.7. The number of quaternary nitrogens is 1. The van der Waals surface area contributed by atoms with E-state index in [0.29, 0.717) is 17.9 Å². The molecule has 3 N–H and O–H groups in total. The zero-order valence-electron chi connectivity index (χ0n) is 17.8. The molecule has 1 atom stereocenters. The van der Waals surface area contributed by atoms with Crippen LogP contribution in [0.4, 0.5) is 13.2 Å². The Morgan fingerprint density at radius 3 is 2.48 bits per heavy atom. The Balaban J connectivity index is 0.00000306. The molecule has 0 radical (unpaired) electrons. The number of amidine groups is 1. The van der Waals surface area contributed by atoms with E-state index in [1.165, 1.54) is 6.07 Å². The number of aromatic amines is 1. The Hall–Kier alpha value is -3.02. The molecule has 0 fully saturated rings. The Morgan fingerprint density at radius 1 is 1.12 bits per heavy atom. The molecular weight excluding hydrogens is 459 g/mol. The third-order valence-electron chi connectivity index (χ3n) is 5.25. The molecule has 12 heteroatoms. The van der Waals surface area contributed by atoms with Gasteiger partial charge in [0.1, 0.15) is 24.1 Å². The van der Waals surface area contributed by atoms with Gasteiger partial charge in [-0.15, -0.1) is 10.2 Å². The van der Waals surface area contributed by atoms with E-state index >= 15 is 0 Å². The monoisotopic (exact) mass is 481 g/mol. The van der Waals surface area contributed by atoms with Gasteiger partial charge in [0, 0.05) is 17.7 Å². The molecule has 176 valence electrons. The van der Waals surface area contributed by atoms with Crippen LogP contribution in [0.25, 0.3) is 17.2 Å². The van der Waals surface area contributed by atoms with Crippen molar-refractivity contribution in [1.29, 1.82) is 0 Å². The van der Waals surface area contributed by atoms with E-state index in [2.05, 4.69) is 32.5 Å². The van der Waals surface area contributed by atoms with E-state index in [-0.39, 0.29) is 30.5 Å². The fourth-order valence-electron chi connectivity index (χ4n) is 3.72. The number of nitrogens with one attached hydrogen (secondary N) is 2. The SMILES string of the molecule is CCCCC1=NC(CO)=C[NH+]1Cc1ccc(-n2c(-c3nn[nH]n3)ccc2C(F)(F)F)cc1.[Cl-]. The predicted octanol–water partition coefficient (Wildman–Crippen LogP) is -0.499. The lowest BCUT2D eigenvalue weighted by atomic mass is 10.1. The van der Waals surface area contributed by atoms with Crippen molar-refractivity contribution in [2.75, 3.05) is 6.61 Å². The van der Waals surface area contributed by atoms with Crippen LogP contribution in [0.2, 0.25) is 0 Å². The van der Waals surface area contributed by atoms with Crippen molar-refractivity contribution in [2.45, 2.75) is 38.9 Å². The minimum atomic E-state index is -4.55. The summed E-state index contributed by atoms with van der Waals surface area (Å²) in [5.41, 5.74) is 1.28. The number of rotatable bonds is 8. The van der Waals surface area contributed by atoms with Crippen LogP contribution in [-0.2, 0) is 12.7 Å². The van der Waals surface area contributed by atoms with Gasteiger partial charge in [0.25, 0.3) is 0 Å². The van der Waals surface area contributed by atoms with Crippen molar-refractivity contribution >= 4 is 5.84 Å². The number of H-pyrrole nitrogens is 1. The molecule has 0 bridgehead atoms. The summed E-state index contributed by atoms with van der Waals surface area (Å²) in [5, 5.41) is 22.8. The molecule has 4 rings (SSSR count). The molecule has 33 heavy (non-hydrogen) atoms. The van der Waals surface area contributed by atoms with Gasteiger partial charge in [-0.3, -0.25) is 4.90 Å². The maximum atomic E-state index is 13.6. The summed E-state index contributed by atoms with van der Waals surface area (Å²) in [6.07, 6.45) is 0.213. The van der Waals surface area contributed by atoms with Crippen molar-refractivity contribution in [3.8, 4) is 17.2 Å². The normalized spacial score (nSPS) is 15.8. The number of hydrogen-bond acceptors (Lipinski definition) is 5. The van der Waals surface area contributed by atoms with Gasteiger partial charge >= 0.3 is 6.18 Å². The summed E-state index contributed by atoms with van der Waals surface area (Å²) in [6, 6.07) is 9.21. The highest BCUT2D eigenvalue weighted by molar-refractivity contribution is 5.76. The molecule has 3 heterocycles. The highest BCUT2D eigenvalue weighted by Gasteiger charge is 2.36. The molecule has 1 aromatic carbocycles. The number of benzene rings is 1. The lowest BCUT2D eigenvalue weighted by Gasteiger charge is -2.16. The Morgan fingerprint density at radius 2 is 1.88 bits per heavy atom. The summed E-state index contributed by atoms with van der Waals surface area (Å²) >= 11 is 0. The summed E-state index contributed by atoms with van der Waals surface area (Å²) in [6.45, 7) is 2.57. The fraction of sp³-hybridized carbons (Fsp3) is 0.333. The first-order valence-corrected chi connectivity index (χ1v) is 10.3. The van der Waals surface area contributed by atoms with Crippen LogP contribution in [0.1, 0.15) is 37.4 Å². The molecule has 1 unspecified atom stereocenters. The molecule has 0 aliphatic carbocycles. The average Bonchev–Trinajstić information content (AvgIpc) is 3.51. The Bertz CT molecular complexity index is 1120. The smallest absolute Gasteiger partial charge is 0.431 e. The third kappa shape index (κ3) is 5.32. The zero-order valence-corrected chi connectivity index (χ0v) is 18.5. The maximum Gasteiger partial charge on any atom is 0.431 e. The first-order chi connectivity index (χ1) is 15.4. The number of aromatic nitrogens is 5. The van der Waals surface area contributed by atoms with E-state index in [4.69, 9.17) is 0 Å². The number of nitrogens with zero attached hydrogens (tertiary/aromatic N) is 5. The van der Waals surface area contributed by atoms with E-state index in [1.54, 1.807) is 24.3 Å². The molecular formula is C21H23ClF3N7O. The summed E-state index contributed by atoms with van der Waals surface area (Å²) < 4.78 is 42.0. The van der Waals surface area contributed by atoms with Crippen molar-refractivity contribution in [3.05, 3.63) is 59.6 Å². The van der Waals surface area contributed by atoms with Crippen LogP contribution in [0, 0.1) is 0 Å². The molecule has 2 aromatic heterocycles. The number of alkyl halides is 3. The quantitative estimate of drug-likeness (QED) is 0.404. The van der Waals surface area contributed by atoms with Crippen molar-refractivity contribution in [2.24, 2.45) is 4.99 Å². The molecule has 0 amide bonds. The second-order valence-corrected chi connectivity index (χ2v) is 7.50. The number of hydrogen-bond donors (Lipinski definition) is 3. The fourth-order valence-corrected chi connectivity index (χ4v) is 3.72. The van der Waals surface area contributed by atoms with E-state index < -0.39 is 11.9 Å². The molecule has 0 spiro atoms. The van der Waals surface area contributed by atoms with Crippen LogP contribution in [-0.4, -0.2) is 42.7 Å². The minimum absolute atomic E-state index is 0. The maximum absolute atomic E-state index is 13.6. The molecule has 0 saturated heterocycles. The minimum Gasteiger partial charge on any atom is -1.00 e. The summed E-state index contributed by atoms with van der Waals surface area (Å²) in [4.78, 5) is 5.52. The predicted molar refractivity (Wildman–Crippen MR) is 111 cm³/mol. The largest absolute Gasteiger partial charge is 1.00 e. The van der Waals surface area contributed by atoms with Gasteiger partial charge < -0.3 is 22.1 Å². The van der Waals surface area contributed by atoms with Crippen molar-refractivity contribution in [3.63, 3.8) is 0 Å². The topological polar surface area (TPSA) is 96.4 Å². The van der Waals surface area contributed by atoms with Crippen LogP contribution in [0.15, 0.2) is 53.3 Å². The van der Waals surface area contributed by atoms with E-state index in [0.717, 1.165) is 46.2 Å². The lowest BCUT2D eigenvalue weighted by Crippen LogP contribution is -3.08. The number of aliphatic hydroxyl groups excluding tert-OH is 1. The molecule has 1 aliphatic rings. The molecule has 0 saturated carbocycles. The highest BCUT2D eigenvalue weighted by Crippen LogP contribution is 2.35. The van der Waals surface area contributed by atoms with Gasteiger partial charge in [-0.25, -0.2) is 0 Å². The number of halogens is 4. The number of tetrazole rings is 1. The Kier molecular flexibility index (Phi) is 7.67. The molecule has 1 aliphatic heterocycles. The van der Waals surface area contributed by atoms with Gasteiger partial charge in [0.2, 0.25) is 11.7 Å².